The highest BCUT2D eigenvalue weighted by atomic mass is 79.9. The van der Waals surface area contributed by atoms with Gasteiger partial charge in [-0.15, -0.1) is 0 Å². The number of carbonyl (C=O) groups is 2. The normalized spacial score (nSPS) is 11.6. The van der Waals surface area contributed by atoms with Gasteiger partial charge in [-0.05, 0) is 62.2 Å². The molecule has 39 heavy (non-hydrogen) atoms. The number of anilines is 1. The maximum absolute atomic E-state index is 13.5. The van der Waals surface area contributed by atoms with Crippen LogP contribution < -0.4 is 10.6 Å². The van der Waals surface area contributed by atoms with Gasteiger partial charge in [-0.1, -0.05) is 41.4 Å². The Morgan fingerprint density at radius 3 is 2.41 bits per heavy atom. The van der Waals surface area contributed by atoms with Crippen molar-refractivity contribution in [3.8, 4) is 0 Å². The second kappa shape index (κ2) is 11.6. The van der Waals surface area contributed by atoms with Gasteiger partial charge < -0.3 is 10.6 Å². The average Bonchev–Trinajstić information content (AvgIpc) is 3.15. The molecule has 7 nitrogen and oxygen atoms in total. The van der Waals surface area contributed by atoms with Gasteiger partial charge in [0.1, 0.15) is 5.69 Å². The molecule has 0 saturated heterocycles. The number of halogens is 4. The lowest BCUT2D eigenvalue weighted by Gasteiger charge is -2.13. The van der Waals surface area contributed by atoms with Gasteiger partial charge in [0.25, 0.3) is 11.8 Å². The lowest BCUT2D eigenvalue weighted by Crippen LogP contribution is -2.24. The molecule has 2 N–H and O–H groups in total. The van der Waals surface area contributed by atoms with Crippen molar-refractivity contribution in [2.75, 3.05) is 11.9 Å². The molecule has 4 rings (SSSR count). The third-order valence-electron chi connectivity index (χ3n) is 6.29. The number of alkyl halides is 3. The second-order valence-electron chi connectivity index (χ2n) is 9.18. The van der Waals surface area contributed by atoms with E-state index in [1.165, 1.54) is 6.07 Å². The van der Waals surface area contributed by atoms with Crippen molar-refractivity contribution < 1.29 is 22.8 Å². The van der Waals surface area contributed by atoms with Crippen LogP contribution in [0.15, 0.2) is 53.0 Å². The Kier molecular flexibility index (Phi) is 8.39. The van der Waals surface area contributed by atoms with Crippen LogP contribution in [0.1, 0.15) is 63.1 Å². The van der Waals surface area contributed by atoms with Crippen LogP contribution in [0.3, 0.4) is 0 Å². The zero-order chi connectivity index (χ0) is 28.3. The predicted octanol–water partition coefficient (Wildman–Crippen LogP) is 6.66. The molecule has 0 aliphatic rings. The molecule has 2 aromatic carbocycles. The van der Waals surface area contributed by atoms with Crippen LogP contribution in [0.25, 0.3) is 10.9 Å². The van der Waals surface area contributed by atoms with E-state index in [0.717, 1.165) is 24.5 Å². The molecule has 0 aliphatic carbocycles. The summed E-state index contributed by atoms with van der Waals surface area (Å²) in [5.74, 6) is -0.828. The highest BCUT2D eigenvalue weighted by molar-refractivity contribution is 9.10. The highest BCUT2D eigenvalue weighted by Crippen LogP contribution is 2.32. The monoisotopic (exact) mass is 601 g/mol. The molecule has 2 amide bonds. The number of unbranched alkanes of at least 4 members (excludes halogenated alkanes) is 1. The minimum absolute atomic E-state index is 0.0600. The number of aryl methyl sites for hydroxylation is 1. The van der Waals surface area contributed by atoms with Crippen LogP contribution in [-0.4, -0.2) is 33.1 Å². The number of amides is 2. The lowest BCUT2D eigenvalue weighted by atomic mass is 10.1. The summed E-state index contributed by atoms with van der Waals surface area (Å²) in [6, 6.07) is 12.5. The molecular formula is C28H27BrF3N5O2. The van der Waals surface area contributed by atoms with Gasteiger partial charge in [-0.25, -0.2) is 4.98 Å². The largest absolute Gasteiger partial charge is 0.433 e. The summed E-state index contributed by atoms with van der Waals surface area (Å²) in [5, 5.41) is 10.4. The summed E-state index contributed by atoms with van der Waals surface area (Å²) in [5.41, 5.74) is 1.79. The number of carbonyl (C=O) groups excluding carboxylic acids is 2. The van der Waals surface area contributed by atoms with E-state index >= 15 is 0 Å². The number of hydrogen-bond acceptors (Lipinski definition) is 4. The smallest absolute Gasteiger partial charge is 0.352 e. The zero-order valence-electron chi connectivity index (χ0n) is 21.6. The third-order valence-corrected chi connectivity index (χ3v) is 6.78. The van der Waals surface area contributed by atoms with E-state index < -0.39 is 17.8 Å². The molecule has 0 unspecified atom stereocenters. The van der Waals surface area contributed by atoms with Crippen molar-refractivity contribution in [3.63, 3.8) is 0 Å². The van der Waals surface area contributed by atoms with Gasteiger partial charge >= 0.3 is 6.18 Å². The molecule has 0 radical (unpaired) electrons. The predicted molar refractivity (Wildman–Crippen MR) is 147 cm³/mol. The van der Waals surface area contributed by atoms with E-state index in [9.17, 15) is 22.8 Å². The lowest BCUT2D eigenvalue weighted by molar-refractivity contribution is -0.141. The van der Waals surface area contributed by atoms with Crippen molar-refractivity contribution >= 4 is 44.3 Å². The molecule has 2 heterocycles. The first-order valence-electron chi connectivity index (χ1n) is 12.4. The van der Waals surface area contributed by atoms with Crippen LogP contribution in [0.5, 0.6) is 0 Å². The van der Waals surface area contributed by atoms with Crippen molar-refractivity contribution in [1.29, 1.82) is 0 Å². The first kappa shape index (κ1) is 28.3. The Morgan fingerprint density at radius 2 is 1.74 bits per heavy atom. The Hall–Kier alpha value is -3.73. The summed E-state index contributed by atoms with van der Waals surface area (Å²) >= 11 is 3.31. The van der Waals surface area contributed by atoms with Gasteiger partial charge in [0.05, 0.1) is 34.7 Å². The Morgan fingerprint density at radius 1 is 1.03 bits per heavy atom. The van der Waals surface area contributed by atoms with E-state index in [1.807, 2.05) is 12.1 Å². The first-order chi connectivity index (χ1) is 18.5. The molecule has 2 aromatic heterocycles. The Balaban J connectivity index is 1.57. The van der Waals surface area contributed by atoms with E-state index in [2.05, 4.69) is 43.6 Å². The van der Waals surface area contributed by atoms with Gasteiger partial charge in [0.15, 0.2) is 0 Å². The number of fused-ring (bicyclic) bond motifs is 1. The topological polar surface area (TPSA) is 88.9 Å². The van der Waals surface area contributed by atoms with Crippen molar-refractivity contribution in [2.24, 2.45) is 0 Å². The van der Waals surface area contributed by atoms with Crippen molar-refractivity contribution in [1.82, 2.24) is 20.1 Å². The minimum atomic E-state index is -4.71. The van der Waals surface area contributed by atoms with Crippen molar-refractivity contribution in [2.45, 2.75) is 46.3 Å². The molecule has 204 valence electrons. The maximum atomic E-state index is 13.5. The molecular weight excluding hydrogens is 575 g/mol. The minimum Gasteiger partial charge on any atom is -0.352 e. The second-order valence-corrected chi connectivity index (χ2v) is 10.1. The summed E-state index contributed by atoms with van der Waals surface area (Å²) in [6.07, 6.45) is -2.80. The first-order valence-corrected chi connectivity index (χ1v) is 13.2. The number of hydrogen-bond donors (Lipinski definition) is 2. The number of benzene rings is 2. The number of rotatable bonds is 8. The fraction of sp³-hybridized carbons (Fsp3) is 0.286. The molecule has 0 bridgehead atoms. The van der Waals surface area contributed by atoms with Crippen molar-refractivity contribution in [3.05, 3.63) is 86.8 Å². The average molecular weight is 602 g/mol. The molecule has 0 saturated carbocycles. The molecule has 0 atom stereocenters. The van der Waals surface area contributed by atoms with Crippen LogP contribution in [0.4, 0.5) is 18.9 Å². The van der Waals surface area contributed by atoms with E-state index in [0.29, 0.717) is 40.2 Å². The number of aromatic nitrogens is 3. The summed E-state index contributed by atoms with van der Waals surface area (Å²) in [4.78, 5) is 29.2. The number of nitrogens with one attached hydrogen (secondary N) is 2. The van der Waals surface area contributed by atoms with E-state index in [-0.39, 0.29) is 22.4 Å². The summed E-state index contributed by atoms with van der Waals surface area (Å²) in [7, 11) is 0. The summed E-state index contributed by atoms with van der Waals surface area (Å²) < 4.78 is 42.8. The Labute approximate surface area is 231 Å². The fourth-order valence-electron chi connectivity index (χ4n) is 4.16. The van der Waals surface area contributed by atoms with Gasteiger partial charge in [0, 0.05) is 22.0 Å². The van der Waals surface area contributed by atoms with E-state index in [1.54, 1.807) is 42.8 Å². The SMILES string of the molecule is CCCCNC(=O)c1ccc(Cn2nc(C)c(NC(=O)c3cc(C(F)(F)F)nc4ccc(Br)cc34)c2C)cc1. The van der Waals surface area contributed by atoms with E-state index in [4.69, 9.17) is 0 Å². The number of nitrogens with zero attached hydrogens (tertiary/aromatic N) is 3. The molecule has 0 fully saturated rings. The summed E-state index contributed by atoms with van der Waals surface area (Å²) in [6.45, 7) is 6.55. The Bertz CT molecular complexity index is 1530. The van der Waals surface area contributed by atoms with Crippen LogP contribution >= 0.6 is 15.9 Å². The molecule has 0 aliphatic heterocycles. The third kappa shape index (κ3) is 6.47. The zero-order valence-corrected chi connectivity index (χ0v) is 23.2. The standard InChI is InChI=1S/C28H27BrF3N5O2/c1-4-5-12-33-26(38)19-8-6-18(7-9-19)15-37-17(3)25(16(2)36-37)35-27(39)22-14-24(28(30,31)32)34-23-11-10-20(29)13-21(22)23/h6-11,13-14H,4-5,12,15H2,1-3H3,(H,33,38)(H,35,39). The van der Waals surface area contributed by atoms with Crippen LogP contribution in [0, 0.1) is 13.8 Å². The molecule has 0 spiro atoms. The molecule has 11 heteroatoms. The van der Waals surface area contributed by atoms with Crippen LogP contribution in [-0.2, 0) is 12.7 Å². The quantitative estimate of drug-likeness (QED) is 0.221. The number of pyridine rings is 1. The fourth-order valence-corrected chi connectivity index (χ4v) is 4.52. The van der Waals surface area contributed by atoms with Crippen LogP contribution in [0.2, 0.25) is 0 Å². The molecule has 4 aromatic rings. The maximum Gasteiger partial charge on any atom is 0.433 e. The van der Waals surface area contributed by atoms with Gasteiger partial charge in [0.2, 0.25) is 0 Å². The van der Waals surface area contributed by atoms with Gasteiger partial charge in [-0.3, -0.25) is 14.3 Å². The van der Waals surface area contributed by atoms with Gasteiger partial charge in [-0.2, -0.15) is 18.3 Å². The highest BCUT2D eigenvalue weighted by Gasteiger charge is 2.34.